The van der Waals surface area contributed by atoms with Gasteiger partial charge in [0.1, 0.15) is 0 Å². The molecule has 0 amide bonds. The number of hydrogen-bond donors (Lipinski definition) is 1. The van der Waals surface area contributed by atoms with Crippen molar-refractivity contribution in [2.24, 2.45) is 17.8 Å². The molecular formula is C20H26O. The van der Waals surface area contributed by atoms with Crippen LogP contribution >= 0.6 is 0 Å². The molecule has 1 nitrogen and oxygen atoms in total. The summed E-state index contributed by atoms with van der Waals surface area (Å²) in [5.74, 6) is 1.98. The molecule has 1 fully saturated rings. The van der Waals surface area contributed by atoms with Crippen LogP contribution in [-0.4, -0.2) is 11.2 Å². The first kappa shape index (κ1) is 14.6. The van der Waals surface area contributed by atoms with Crippen LogP contribution < -0.4 is 0 Å². The van der Waals surface area contributed by atoms with Gasteiger partial charge in [-0.1, -0.05) is 56.3 Å². The van der Waals surface area contributed by atoms with E-state index in [4.69, 9.17) is 0 Å². The Morgan fingerprint density at radius 2 is 1.62 bits per heavy atom. The lowest BCUT2D eigenvalue weighted by atomic mass is 9.73. The molecule has 0 bridgehead atoms. The van der Waals surface area contributed by atoms with Crippen molar-refractivity contribution in [2.75, 3.05) is 0 Å². The largest absolute Gasteiger partial charge is 0.392 e. The standard InChI is InChI=1S/C20H26O/c1-14-9-15(2)11-19(10-14)20(21)13-16-7-8-17-5-3-4-6-18(17)12-16/h3-8,12,14-15,19-21H,9-11,13H2,1-2H3. The number of hydrogen-bond acceptors (Lipinski definition) is 1. The van der Waals surface area contributed by atoms with Crippen molar-refractivity contribution >= 4 is 10.8 Å². The molecule has 0 aromatic heterocycles. The van der Waals surface area contributed by atoms with Crippen LogP contribution in [0.4, 0.5) is 0 Å². The van der Waals surface area contributed by atoms with Crippen LogP contribution in [0.1, 0.15) is 38.7 Å². The third-order valence-electron chi connectivity index (χ3n) is 5.02. The molecule has 2 aromatic rings. The molecule has 0 spiro atoms. The summed E-state index contributed by atoms with van der Waals surface area (Å²) >= 11 is 0. The molecule has 1 saturated carbocycles. The van der Waals surface area contributed by atoms with E-state index in [1.54, 1.807) is 0 Å². The molecule has 3 rings (SSSR count). The highest BCUT2D eigenvalue weighted by atomic mass is 16.3. The van der Waals surface area contributed by atoms with Crippen molar-refractivity contribution in [3.63, 3.8) is 0 Å². The van der Waals surface area contributed by atoms with E-state index in [0.717, 1.165) is 18.3 Å². The average Bonchev–Trinajstić information content (AvgIpc) is 2.46. The SMILES string of the molecule is CC1CC(C)CC(C(O)Cc2ccc3ccccc3c2)C1. The number of aliphatic hydroxyl groups is 1. The Balaban J connectivity index is 1.72. The highest BCUT2D eigenvalue weighted by Crippen LogP contribution is 2.35. The summed E-state index contributed by atoms with van der Waals surface area (Å²) in [6.07, 6.45) is 4.27. The summed E-state index contributed by atoms with van der Waals surface area (Å²) in [5, 5.41) is 13.2. The Hall–Kier alpha value is -1.34. The summed E-state index contributed by atoms with van der Waals surface area (Å²) in [4.78, 5) is 0. The van der Waals surface area contributed by atoms with Crippen molar-refractivity contribution in [3.8, 4) is 0 Å². The van der Waals surface area contributed by atoms with Gasteiger partial charge in [0.15, 0.2) is 0 Å². The maximum atomic E-state index is 10.6. The van der Waals surface area contributed by atoms with Crippen LogP contribution in [0.15, 0.2) is 42.5 Å². The van der Waals surface area contributed by atoms with Gasteiger partial charge < -0.3 is 5.11 Å². The fourth-order valence-corrected chi connectivity index (χ4v) is 4.10. The summed E-state index contributed by atoms with van der Waals surface area (Å²) in [6.45, 7) is 4.65. The van der Waals surface area contributed by atoms with Gasteiger partial charge in [-0.15, -0.1) is 0 Å². The molecule has 0 radical (unpaired) electrons. The molecule has 0 saturated heterocycles. The molecule has 2 aromatic carbocycles. The first-order chi connectivity index (χ1) is 10.1. The van der Waals surface area contributed by atoms with Gasteiger partial charge in [0.25, 0.3) is 0 Å². The van der Waals surface area contributed by atoms with Crippen molar-refractivity contribution in [3.05, 3.63) is 48.0 Å². The summed E-state index contributed by atoms with van der Waals surface area (Å²) in [6, 6.07) is 15.0. The molecule has 0 heterocycles. The zero-order chi connectivity index (χ0) is 14.8. The lowest BCUT2D eigenvalue weighted by Gasteiger charge is -2.34. The Kier molecular flexibility index (Phi) is 4.30. The van der Waals surface area contributed by atoms with Crippen LogP contribution in [0.25, 0.3) is 10.8 Å². The Morgan fingerprint density at radius 1 is 0.952 bits per heavy atom. The number of benzene rings is 2. The van der Waals surface area contributed by atoms with E-state index in [9.17, 15) is 5.11 Å². The third-order valence-corrected chi connectivity index (χ3v) is 5.02. The van der Waals surface area contributed by atoms with E-state index in [-0.39, 0.29) is 6.10 Å². The van der Waals surface area contributed by atoms with Crippen molar-refractivity contribution in [1.82, 2.24) is 0 Å². The average molecular weight is 282 g/mol. The Labute approximate surface area is 128 Å². The topological polar surface area (TPSA) is 20.2 Å². The fraction of sp³-hybridized carbons (Fsp3) is 0.500. The zero-order valence-electron chi connectivity index (χ0n) is 13.1. The Bertz CT molecular complexity index is 594. The maximum absolute atomic E-state index is 10.6. The summed E-state index contributed by atoms with van der Waals surface area (Å²) < 4.78 is 0. The lowest BCUT2D eigenvalue weighted by Crippen LogP contribution is -2.30. The number of fused-ring (bicyclic) bond motifs is 1. The van der Waals surface area contributed by atoms with Crippen LogP contribution in [-0.2, 0) is 6.42 Å². The molecule has 1 N–H and O–H groups in total. The van der Waals surface area contributed by atoms with Crippen molar-refractivity contribution < 1.29 is 5.11 Å². The second kappa shape index (κ2) is 6.19. The van der Waals surface area contributed by atoms with E-state index in [1.165, 1.54) is 35.6 Å². The van der Waals surface area contributed by atoms with Gasteiger partial charge in [0.2, 0.25) is 0 Å². The smallest absolute Gasteiger partial charge is 0.0608 e. The monoisotopic (exact) mass is 282 g/mol. The van der Waals surface area contributed by atoms with Gasteiger partial charge in [0, 0.05) is 0 Å². The van der Waals surface area contributed by atoms with Crippen molar-refractivity contribution in [2.45, 2.75) is 45.6 Å². The zero-order valence-corrected chi connectivity index (χ0v) is 13.1. The minimum atomic E-state index is -0.198. The van der Waals surface area contributed by atoms with Gasteiger partial charge >= 0.3 is 0 Å². The molecular weight excluding hydrogens is 256 g/mol. The van der Waals surface area contributed by atoms with Gasteiger partial charge in [-0.2, -0.15) is 0 Å². The third kappa shape index (κ3) is 3.47. The van der Waals surface area contributed by atoms with Crippen LogP contribution in [0, 0.1) is 17.8 Å². The molecule has 112 valence electrons. The lowest BCUT2D eigenvalue weighted by molar-refractivity contribution is 0.0561. The molecule has 21 heavy (non-hydrogen) atoms. The number of aliphatic hydroxyl groups excluding tert-OH is 1. The molecule has 3 unspecified atom stereocenters. The van der Waals surface area contributed by atoms with Crippen LogP contribution in [0.2, 0.25) is 0 Å². The van der Waals surface area contributed by atoms with Crippen LogP contribution in [0.5, 0.6) is 0 Å². The van der Waals surface area contributed by atoms with E-state index >= 15 is 0 Å². The van der Waals surface area contributed by atoms with Gasteiger partial charge in [0.05, 0.1) is 6.10 Å². The molecule has 1 heteroatoms. The van der Waals surface area contributed by atoms with Gasteiger partial charge in [-0.05, 0) is 59.8 Å². The van der Waals surface area contributed by atoms with Crippen LogP contribution in [0.3, 0.4) is 0 Å². The predicted molar refractivity (Wildman–Crippen MR) is 89.3 cm³/mol. The highest BCUT2D eigenvalue weighted by Gasteiger charge is 2.28. The fourth-order valence-electron chi connectivity index (χ4n) is 4.10. The second-order valence-corrected chi connectivity index (χ2v) is 7.13. The maximum Gasteiger partial charge on any atom is 0.0608 e. The van der Waals surface area contributed by atoms with Gasteiger partial charge in [-0.25, -0.2) is 0 Å². The summed E-state index contributed by atoms with van der Waals surface area (Å²) in [7, 11) is 0. The molecule has 3 atom stereocenters. The Morgan fingerprint density at radius 3 is 2.33 bits per heavy atom. The quantitative estimate of drug-likeness (QED) is 0.856. The first-order valence-corrected chi connectivity index (χ1v) is 8.27. The predicted octanol–water partition coefficient (Wildman–Crippen LogP) is 4.82. The summed E-state index contributed by atoms with van der Waals surface area (Å²) in [5.41, 5.74) is 1.26. The van der Waals surface area contributed by atoms with E-state index in [0.29, 0.717) is 5.92 Å². The normalized spacial score (nSPS) is 27.7. The van der Waals surface area contributed by atoms with E-state index < -0.39 is 0 Å². The minimum Gasteiger partial charge on any atom is -0.392 e. The highest BCUT2D eigenvalue weighted by molar-refractivity contribution is 5.82. The first-order valence-electron chi connectivity index (χ1n) is 8.27. The molecule has 0 aliphatic heterocycles. The van der Waals surface area contributed by atoms with Gasteiger partial charge in [-0.3, -0.25) is 0 Å². The van der Waals surface area contributed by atoms with E-state index in [2.05, 4.69) is 56.3 Å². The molecule has 1 aliphatic rings. The second-order valence-electron chi connectivity index (χ2n) is 7.13. The minimum absolute atomic E-state index is 0.198. The number of rotatable bonds is 3. The molecule has 1 aliphatic carbocycles. The van der Waals surface area contributed by atoms with Crippen molar-refractivity contribution in [1.29, 1.82) is 0 Å². The van der Waals surface area contributed by atoms with E-state index in [1.807, 2.05) is 0 Å².